The van der Waals surface area contributed by atoms with Gasteiger partial charge in [0.15, 0.2) is 11.5 Å². The second-order valence-electron chi connectivity index (χ2n) is 6.34. The van der Waals surface area contributed by atoms with Crippen LogP contribution in [0.25, 0.3) is 0 Å². The lowest BCUT2D eigenvalue weighted by Gasteiger charge is -2.38. The van der Waals surface area contributed by atoms with Crippen LogP contribution in [0.3, 0.4) is 0 Å². The standard InChI is InChI=1S/C17H21N3O4S/c1-2-17-18-5-6-19(17)10-13-11-20(12-13)25(21,22)14-3-4-15-16(9-14)24-8-7-23-15/h3-6,9,13H,2,7-8,10-12H2,1H3. The summed E-state index contributed by atoms with van der Waals surface area (Å²) < 4.78 is 40.1. The van der Waals surface area contributed by atoms with Crippen LogP contribution in [0.2, 0.25) is 0 Å². The highest BCUT2D eigenvalue weighted by atomic mass is 32.2. The summed E-state index contributed by atoms with van der Waals surface area (Å²) in [5.74, 6) is 2.44. The zero-order valence-corrected chi connectivity index (χ0v) is 14.9. The Bertz CT molecular complexity index is 872. The molecule has 0 atom stereocenters. The van der Waals surface area contributed by atoms with Crippen LogP contribution in [-0.4, -0.2) is 48.6 Å². The summed E-state index contributed by atoms with van der Waals surface area (Å²) >= 11 is 0. The zero-order chi connectivity index (χ0) is 17.4. The maximum absolute atomic E-state index is 12.8. The van der Waals surface area contributed by atoms with E-state index in [1.807, 2.05) is 6.20 Å². The topological polar surface area (TPSA) is 73.7 Å². The number of sulfonamides is 1. The Balaban J connectivity index is 1.44. The highest BCUT2D eigenvalue weighted by molar-refractivity contribution is 7.89. The smallest absolute Gasteiger partial charge is 0.243 e. The molecule has 134 valence electrons. The van der Waals surface area contributed by atoms with Gasteiger partial charge in [-0.1, -0.05) is 6.92 Å². The number of fused-ring (bicyclic) bond motifs is 1. The van der Waals surface area contributed by atoms with Gasteiger partial charge in [-0.3, -0.25) is 0 Å². The number of rotatable bonds is 5. The molecule has 2 aliphatic heterocycles. The molecule has 3 heterocycles. The number of imidazole rings is 1. The van der Waals surface area contributed by atoms with E-state index in [9.17, 15) is 8.42 Å². The number of hydrogen-bond acceptors (Lipinski definition) is 5. The van der Waals surface area contributed by atoms with Crippen molar-refractivity contribution < 1.29 is 17.9 Å². The molecule has 0 aliphatic carbocycles. The first-order chi connectivity index (χ1) is 12.1. The van der Waals surface area contributed by atoms with Gasteiger partial charge in [-0.15, -0.1) is 0 Å². The third kappa shape index (κ3) is 3.00. The molecule has 0 radical (unpaired) electrons. The van der Waals surface area contributed by atoms with Gasteiger partial charge in [-0.25, -0.2) is 13.4 Å². The molecular formula is C17H21N3O4S. The lowest BCUT2D eigenvalue weighted by Crippen LogP contribution is -2.51. The first-order valence-electron chi connectivity index (χ1n) is 8.47. The maximum Gasteiger partial charge on any atom is 0.243 e. The van der Waals surface area contributed by atoms with Crippen molar-refractivity contribution in [2.45, 2.75) is 24.8 Å². The highest BCUT2D eigenvalue weighted by Gasteiger charge is 2.37. The van der Waals surface area contributed by atoms with E-state index in [-0.39, 0.29) is 4.90 Å². The molecule has 0 amide bonds. The van der Waals surface area contributed by atoms with Crippen molar-refractivity contribution in [3.8, 4) is 11.5 Å². The van der Waals surface area contributed by atoms with E-state index in [0.717, 1.165) is 18.8 Å². The number of nitrogens with zero attached hydrogens (tertiary/aromatic N) is 3. The van der Waals surface area contributed by atoms with E-state index in [1.54, 1.807) is 24.4 Å². The molecule has 7 nitrogen and oxygen atoms in total. The Hall–Kier alpha value is -2.06. The summed E-state index contributed by atoms with van der Waals surface area (Å²) in [5, 5.41) is 0. The minimum absolute atomic E-state index is 0.257. The quantitative estimate of drug-likeness (QED) is 0.806. The van der Waals surface area contributed by atoms with E-state index in [1.165, 1.54) is 4.31 Å². The average Bonchev–Trinajstić information content (AvgIpc) is 3.04. The van der Waals surface area contributed by atoms with Crippen molar-refractivity contribution in [3.05, 3.63) is 36.4 Å². The average molecular weight is 363 g/mol. The lowest BCUT2D eigenvalue weighted by atomic mass is 10.0. The number of benzene rings is 1. The molecule has 1 aromatic carbocycles. The molecular weight excluding hydrogens is 342 g/mol. The van der Waals surface area contributed by atoms with Gasteiger partial charge < -0.3 is 14.0 Å². The summed E-state index contributed by atoms with van der Waals surface area (Å²) in [6, 6.07) is 4.81. The molecule has 25 heavy (non-hydrogen) atoms. The minimum Gasteiger partial charge on any atom is -0.486 e. The third-order valence-electron chi connectivity index (χ3n) is 4.65. The summed E-state index contributed by atoms with van der Waals surface area (Å²) in [6.07, 6.45) is 4.62. The molecule has 0 spiro atoms. The number of aromatic nitrogens is 2. The van der Waals surface area contributed by atoms with E-state index in [4.69, 9.17) is 9.47 Å². The fourth-order valence-corrected chi connectivity index (χ4v) is 4.87. The van der Waals surface area contributed by atoms with E-state index >= 15 is 0 Å². The van der Waals surface area contributed by atoms with E-state index in [0.29, 0.717) is 43.7 Å². The second-order valence-corrected chi connectivity index (χ2v) is 8.28. The van der Waals surface area contributed by atoms with E-state index < -0.39 is 10.0 Å². The van der Waals surface area contributed by atoms with Crippen LogP contribution in [0.1, 0.15) is 12.7 Å². The van der Waals surface area contributed by atoms with Crippen LogP contribution in [0.5, 0.6) is 11.5 Å². The number of hydrogen-bond donors (Lipinski definition) is 0. The lowest BCUT2D eigenvalue weighted by molar-refractivity contribution is 0.170. The van der Waals surface area contributed by atoms with Gasteiger partial charge >= 0.3 is 0 Å². The molecule has 0 saturated carbocycles. The Kier molecular flexibility index (Phi) is 4.16. The zero-order valence-electron chi connectivity index (χ0n) is 14.1. The van der Waals surface area contributed by atoms with Crippen molar-refractivity contribution >= 4 is 10.0 Å². The third-order valence-corrected chi connectivity index (χ3v) is 6.48. The predicted octanol–water partition coefficient (Wildman–Crippen LogP) is 1.54. The van der Waals surface area contributed by atoms with Crippen molar-refractivity contribution in [2.75, 3.05) is 26.3 Å². The van der Waals surface area contributed by atoms with Gasteiger partial charge in [0.05, 0.1) is 4.90 Å². The van der Waals surface area contributed by atoms with Gasteiger partial charge in [0.25, 0.3) is 0 Å². The van der Waals surface area contributed by atoms with Crippen LogP contribution in [0, 0.1) is 5.92 Å². The normalized spacial score (nSPS) is 18.1. The summed E-state index contributed by atoms with van der Waals surface area (Å²) in [4.78, 5) is 4.56. The monoisotopic (exact) mass is 363 g/mol. The molecule has 4 rings (SSSR count). The summed E-state index contributed by atoms with van der Waals surface area (Å²) in [5.41, 5.74) is 0. The van der Waals surface area contributed by atoms with Gasteiger partial charge in [-0.05, 0) is 12.1 Å². The summed E-state index contributed by atoms with van der Waals surface area (Å²) in [6.45, 7) is 4.85. The number of aryl methyl sites for hydroxylation is 1. The molecule has 0 bridgehead atoms. The Labute approximate surface area is 147 Å². The fraction of sp³-hybridized carbons (Fsp3) is 0.471. The van der Waals surface area contributed by atoms with Gasteiger partial charge in [-0.2, -0.15) is 4.31 Å². The molecule has 0 unspecified atom stereocenters. The largest absolute Gasteiger partial charge is 0.486 e. The minimum atomic E-state index is -3.49. The SMILES string of the molecule is CCc1nccn1CC1CN(S(=O)(=O)c2ccc3c(c2)OCCO3)C1. The molecule has 1 aromatic heterocycles. The molecule has 8 heteroatoms. The molecule has 1 saturated heterocycles. The highest BCUT2D eigenvalue weighted by Crippen LogP contribution is 2.34. The predicted molar refractivity (Wildman–Crippen MR) is 91.3 cm³/mol. The summed E-state index contributed by atoms with van der Waals surface area (Å²) in [7, 11) is -3.49. The van der Waals surface area contributed by atoms with Crippen molar-refractivity contribution in [1.82, 2.24) is 13.9 Å². The van der Waals surface area contributed by atoms with Crippen molar-refractivity contribution in [1.29, 1.82) is 0 Å². The van der Waals surface area contributed by atoms with Crippen LogP contribution in [-0.2, 0) is 23.0 Å². The van der Waals surface area contributed by atoms with E-state index in [2.05, 4.69) is 16.5 Å². The van der Waals surface area contributed by atoms with Gasteiger partial charge in [0, 0.05) is 50.4 Å². The molecule has 1 fully saturated rings. The Morgan fingerprint density at radius 3 is 2.72 bits per heavy atom. The van der Waals surface area contributed by atoms with Crippen molar-refractivity contribution in [2.24, 2.45) is 5.92 Å². The Morgan fingerprint density at radius 2 is 1.96 bits per heavy atom. The van der Waals surface area contributed by atoms with Crippen LogP contribution in [0.4, 0.5) is 0 Å². The molecule has 2 aromatic rings. The van der Waals surface area contributed by atoms with Crippen LogP contribution < -0.4 is 9.47 Å². The first-order valence-corrected chi connectivity index (χ1v) is 9.91. The van der Waals surface area contributed by atoms with Crippen molar-refractivity contribution in [3.63, 3.8) is 0 Å². The van der Waals surface area contributed by atoms with Crippen LogP contribution >= 0.6 is 0 Å². The fourth-order valence-electron chi connectivity index (χ4n) is 3.27. The molecule has 2 aliphatic rings. The first kappa shape index (κ1) is 16.4. The second kappa shape index (κ2) is 6.34. The van der Waals surface area contributed by atoms with Crippen LogP contribution in [0.15, 0.2) is 35.5 Å². The Morgan fingerprint density at radius 1 is 1.20 bits per heavy atom. The number of ether oxygens (including phenoxy) is 2. The van der Waals surface area contributed by atoms with Gasteiger partial charge in [0.1, 0.15) is 19.0 Å². The maximum atomic E-state index is 12.8. The van der Waals surface area contributed by atoms with Gasteiger partial charge in [0.2, 0.25) is 10.0 Å². The molecule has 0 N–H and O–H groups in total.